The normalized spacial score (nSPS) is 12.1. The SMILES string of the molecule is CCOc1ccc(N([C@H](CC)C(=O)NCCN(C)c2ccccc2)S(C)(=O)=O)cc1. The van der Waals surface area contributed by atoms with Crippen molar-refractivity contribution >= 4 is 27.3 Å². The second-order valence-corrected chi connectivity index (χ2v) is 8.82. The average molecular weight is 434 g/mol. The van der Waals surface area contributed by atoms with Crippen LogP contribution < -0.4 is 19.3 Å². The first-order valence-electron chi connectivity index (χ1n) is 10.0. The number of likely N-dealkylation sites (N-methyl/N-ethyl adjacent to an activating group) is 1. The minimum absolute atomic E-state index is 0.321. The number of amides is 1. The molecule has 0 saturated carbocycles. The molecule has 0 aliphatic rings. The Kier molecular flexibility index (Phi) is 8.53. The van der Waals surface area contributed by atoms with Gasteiger partial charge in [0.25, 0.3) is 0 Å². The molecule has 2 aromatic rings. The highest BCUT2D eigenvalue weighted by Crippen LogP contribution is 2.25. The van der Waals surface area contributed by atoms with Crippen LogP contribution >= 0.6 is 0 Å². The first-order chi connectivity index (χ1) is 14.3. The van der Waals surface area contributed by atoms with Gasteiger partial charge in [-0.25, -0.2) is 8.42 Å². The Morgan fingerprint density at radius 1 is 1.03 bits per heavy atom. The molecule has 8 heteroatoms. The van der Waals surface area contributed by atoms with Crippen LogP contribution in [0.15, 0.2) is 54.6 Å². The van der Waals surface area contributed by atoms with Crippen LogP contribution in [-0.2, 0) is 14.8 Å². The molecule has 1 amide bonds. The highest BCUT2D eigenvalue weighted by molar-refractivity contribution is 7.92. The first kappa shape index (κ1) is 23.5. The van der Waals surface area contributed by atoms with Crippen molar-refractivity contribution in [3.63, 3.8) is 0 Å². The molecule has 0 heterocycles. The summed E-state index contributed by atoms with van der Waals surface area (Å²) in [5.41, 5.74) is 1.48. The number of carbonyl (C=O) groups is 1. The molecule has 7 nitrogen and oxygen atoms in total. The zero-order valence-electron chi connectivity index (χ0n) is 18.0. The molecule has 0 radical (unpaired) electrons. The maximum absolute atomic E-state index is 12.9. The van der Waals surface area contributed by atoms with Crippen molar-refractivity contribution in [2.45, 2.75) is 26.3 Å². The Hall–Kier alpha value is -2.74. The van der Waals surface area contributed by atoms with E-state index in [0.717, 1.165) is 11.9 Å². The van der Waals surface area contributed by atoms with Gasteiger partial charge in [0.2, 0.25) is 15.9 Å². The summed E-state index contributed by atoms with van der Waals surface area (Å²) in [4.78, 5) is 14.9. The number of sulfonamides is 1. The van der Waals surface area contributed by atoms with Gasteiger partial charge in [-0.3, -0.25) is 9.10 Å². The molecule has 2 rings (SSSR count). The van der Waals surface area contributed by atoms with E-state index in [1.807, 2.05) is 49.2 Å². The fourth-order valence-corrected chi connectivity index (χ4v) is 4.40. The largest absolute Gasteiger partial charge is 0.494 e. The number of anilines is 2. The Labute approximate surface area is 179 Å². The lowest BCUT2D eigenvalue weighted by molar-refractivity contribution is -0.122. The van der Waals surface area contributed by atoms with Gasteiger partial charge in [0, 0.05) is 25.8 Å². The average Bonchev–Trinajstić information content (AvgIpc) is 2.72. The topological polar surface area (TPSA) is 79.0 Å². The summed E-state index contributed by atoms with van der Waals surface area (Å²) in [6.45, 7) is 5.21. The van der Waals surface area contributed by atoms with Gasteiger partial charge in [-0.2, -0.15) is 0 Å². The van der Waals surface area contributed by atoms with Crippen LogP contribution in [-0.4, -0.2) is 53.4 Å². The molecule has 0 aromatic heterocycles. The van der Waals surface area contributed by atoms with Crippen LogP contribution in [0.25, 0.3) is 0 Å². The maximum atomic E-state index is 12.9. The van der Waals surface area contributed by atoms with Crippen LogP contribution in [0.3, 0.4) is 0 Å². The van der Waals surface area contributed by atoms with Crippen molar-refractivity contribution in [3.05, 3.63) is 54.6 Å². The number of nitrogens with one attached hydrogen (secondary N) is 1. The molecule has 0 spiro atoms. The summed E-state index contributed by atoms with van der Waals surface area (Å²) in [7, 11) is -1.72. The molecule has 30 heavy (non-hydrogen) atoms. The van der Waals surface area contributed by atoms with Gasteiger partial charge in [0.1, 0.15) is 11.8 Å². The summed E-state index contributed by atoms with van der Waals surface area (Å²) in [6.07, 6.45) is 1.46. The predicted octanol–water partition coefficient (Wildman–Crippen LogP) is 2.88. The van der Waals surface area contributed by atoms with E-state index >= 15 is 0 Å². The van der Waals surface area contributed by atoms with Crippen molar-refractivity contribution in [1.82, 2.24) is 5.32 Å². The van der Waals surface area contributed by atoms with Gasteiger partial charge in [0.15, 0.2) is 0 Å². The summed E-state index contributed by atoms with van der Waals surface area (Å²) >= 11 is 0. The van der Waals surface area contributed by atoms with Crippen molar-refractivity contribution in [2.24, 2.45) is 0 Å². The van der Waals surface area contributed by atoms with Gasteiger partial charge < -0.3 is 15.0 Å². The fraction of sp³-hybridized carbons (Fsp3) is 0.409. The molecule has 0 bridgehead atoms. The third-order valence-corrected chi connectivity index (χ3v) is 5.86. The van der Waals surface area contributed by atoms with Gasteiger partial charge in [-0.15, -0.1) is 0 Å². The summed E-state index contributed by atoms with van der Waals surface area (Å²) in [5.74, 6) is 0.328. The number of hydrogen-bond donors (Lipinski definition) is 1. The lowest BCUT2D eigenvalue weighted by Crippen LogP contribution is -2.50. The molecular weight excluding hydrogens is 402 g/mol. The van der Waals surface area contributed by atoms with Gasteiger partial charge in [0.05, 0.1) is 18.6 Å². The number of hydrogen-bond acceptors (Lipinski definition) is 5. The molecular formula is C22H31N3O4S. The van der Waals surface area contributed by atoms with Crippen molar-refractivity contribution in [3.8, 4) is 5.75 Å². The zero-order chi connectivity index (χ0) is 22.1. The highest BCUT2D eigenvalue weighted by Gasteiger charge is 2.31. The molecule has 0 unspecified atom stereocenters. The Bertz CT molecular complexity index is 902. The molecule has 1 atom stereocenters. The van der Waals surface area contributed by atoms with E-state index in [2.05, 4.69) is 5.32 Å². The van der Waals surface area contributed by atoms with Gasteiger partial charge in [-0.1, -0.05) is 25.1 Å². The number of carbonyl (C=O) groups excluding carboxylic acids is 1. The zero-order valence-corrected chi connectivity index (χ0v) is 18.9. The molecule has 0 saturated heterocycles. The van der Waals surface area contributed by atoms with Crippen LogP contribution in [0.4, 0.5) is 11.4 Å². The second kappa shape index (κ2) is 10.9. The summed E-state index contributed by atoms with van der Waals surface area (Å²) < 4.78 is 31.6. The lowest BCUT2D eigenvalue weighted by Gasteiger charge is -2.30. The Morgan fingerprint density at radius 2 is 1.67 bits per heavy atom. The lowest BCUT2D eigenvalue weighted by atomic mass is 10.2. The van der Waals surface area contributed by atoms with E-state index in [1.54, 1.807) is 31.2 Å². The third-order valence-electron chi connectivity index (χ3n) is 4.68. The summed E-state index contributed by atoms with van der Waals surface area (Å²) in [6, 6.07) is 15.7. The molecule has 0 aliphatic carbocycles. The van der Waals surface area contributed by atoms with Crippen LogP contribution in [0.2, 0.25) is 0 Å². The minimum atomic E-state index is -3.66. The maximum Gasteiger partial charge on any atom is 0.243 e. The van der Waals surface area contributed by atoms with E-state index in [0.29, 0.717) is 37.6 Å². The number of para-hydroxylation sites is 1. The van der Waals surface area contributed by atoms with Crippen molar-refractivity contribution < 1.29 is 17.9 Å². The molecule has 164 valence electrons. The predicted molar refractivity (Wildman–Crippen MR) is 122 cm³/mol. The van der Waals surface area contributed by atoms with E-state index in [4.69, 9.17) is 4.74 Å². The molecule has 0 fully saturated rings. The highest BCUT2D eigenvalue weighted by atomic mass is 32.2. The number of benzene rings is 2. The van der Waals surface area contributed by atoms with Crippen LogP contribution in [0.1, 0.15) is 20.3 Å². The second-order valence-electron chi connectivity index (χ2n) is 6.96. The van der Waals surface area contributed by atoms with E-state index in [1.165, 1.54) is 4.31 Å². The molecule has 1 N–H and O–H groups in total. The van der Waals surface area contributed by atoms with Gasteiger partial charge >= 0.3 is 0 Å². The number of nitrogens with zero attached hydrogens (tertiary/aromatic N) is 2. The van der Waals surface area contributed by atoms with Crippen molar-refractivity contribution in [2.75, 3.05) is 42.2 Å². The first-order valence-corrected chi connectivity index (χ1v) is 11.9. The standard InChI is InChI=1S/C22H31N3O4S/c1-5-21(22(26)23-16-17-24(3)18-10-8-7-9-11-18)25(30(4,27)28)19-12-14-20(15-13-19)29-6-2/h7-15,21H,5-6,16-17H2,1-4H3,(H,23,26)/t21-/m1/s1. The van der Waals surface area contributed by atoms with Crippen molar-refractivity contribution in [1.29, 1.82) is 0 Å². The smallest absolute Gasteiger partial charge is 0.243 e. The van der Waals surface area contributed by atoms with E-state index < -0.39 is 16.1 Å². The Morgan fingerprint density at radius 3 is 2.20 bits per heavy atom. The van der Waals surface area contributed by atoms with E-state index in [9.17, 15) is 13.2 Å². The fourth-order valence-electron chi connectivity index (χ4n) is 3.19. The minimum Gasteiger partial charge on any atom is -0.494 e. The summed E-state index contributed by atoms with van der Waals surface area (Å²) in [5, 5.41) is 2.88. The van der Waals surface area contributed by atoms with Crippen LogP contribution in [0, 0.1) is 0 Å². The van der Waals surface area contributed by atoms with Gasteiger partial charge in [-0.05, 0) is 49.7 Å². The number of rotatable bonds is 11. The van der Waals surface area contributed by atoms with Crippen LogP contribution in [0.5, 0.6) is 5.75 Å². The third kappa shape index (κ3) is 6.38. The quantitative estimate of drug-likeness (QED) is 0.590. The number of ether oxygens (including phenoxy) is 1. The monoisotopic (exact) mass is 433 g/mol. The molecule has 0 aliphatic heterocycles. The van der Waals surface area contributed by atoms with E-state index in [-0.39, 0.29) is 5.91 Å². The molecule has 2 aromatic carbocycles. The Balaban J connectivity index is 2.09.